The lowest BCUT2D eigenvalue weighted by Gasteiger charge is -2.34. The van der Waals surface area contributed by atoms with Gasteiger partial charge in [0.25, 0.3) is 5.91 Å². The maximum atomic E-state index is 12.5. The van der Waals surface area contributed by atoms with Gasteiger partial charge < -0.3 is 24.4 Å². The Kier molecular flexibility index (Phi) is 6.00. The highest BCUT2D eigenvalue weighted by atomic mass is 32.1. The van der Waals surface area contributed by atoms with E-state index in [9.17, 15) is 4.79 Å². The smallest absolute Gasteiger partial charge is 0.264 e. The van der Waals surface area contributed by atoms with Gasteiger partial charge in [-0.05, 0) is 24.3 Å². The number of fused-ring (bicyclic) bond motifs is 2. The number of hydrogen-bond donors (Lipinski definition) is 1. The number of hydrogen-bond acceptors (Lipinski definition) is 8. The van der Waals surface area contributed by atoms with Gasteiger partial charge in [-0.25, -0.2) is 4.98 Å². The second kappa shape index (κ2) is 9.22. The standard InChI is InChI=1S/C23H26N4O4S/c1-29-18-7-4-8-20-21(18)25-23(32-20)27-13-11-26(12-14-27)10-9-24-22(28)19-15-30-16-5-2-3-6-17(16)31-19/h2-8,19H,9-15H2,1H3,(H,24,28). The van der Waals surface area contributed by atoms with Crippen molar-refractivity contribution in [2.24, 2.45) is 0 Å². The zero-order valence-electron chi connectivity index (χ0n) is 18.0. The number of nitrogens with one attached hydrogen (secondary N) is 1. The average molecular weight is 455 g/mol. The molecule has 0 radical (unpaired) electrons. The number of carbonyl (C=O) groups is 1. The lowest BCUT2D eigenvalue weighted by Crippen LogP contribution is -2.50. The molecule has 5 rings (SSSR count). The molecule has 1 unspecified atom stereocenters. The summed E-state index contributed by atoms with van der Waals surface area (Å²) in [5, 5.41) is 4.01. The highest BCUT2D eigenvalue weighted by molar-refractivity contribution is 7.22. The van der Waals surface area contributed by atoms with Crippen molar-refractivity contribution in [2.75, 3.05) is 57.9 Å². The number of thiazole rings is 1. The zero-order valence-corrected chi connectivity index (χ0v) is 18.8. The van der Waals surface area contributed by atoms with Crippen LogP contribution in [0.2, 0.25) is 0 Å². The number of benzene rings is 2. The molecule has 32 heavy (non-hydrogen) atoms. The highest BCUT2D eigenvalue weighted by Gasteiger charge is 2.27. The Morgan fingerprint density at radius 2 is 1.97 bits per heavy atom. The summed E-state index contributed by atoms with van der Waals surface area (Å²) in [6.45, 7) is 5.29. The molecule has 2 aromatic carbocycles. The van der Waals surface area contributed by atoms with Crippen molar-refractivity contribution in [3.05, 3.63) is 42.5 Å². The molecule has 1 amide bonds. The molecule has 8 nitrogen and oxygen atoms in total. The molecule has 2 aliphatic heterocycles. The molecular weight excluding hydrogens is 428 g/mol. The van der Waals surface area contributed by atoms with Crippen LogP contribution in [0.3, 0.4) is 0 Å². The van der Waals surface area contributed by atoms with Crippen LogP contribution in [0.1, 0.15) is 0 Å². The Balaban J connectivity index is 1.08. The number of amides is 1. The van der Waals surface area contributed by atoms with Gasteiger partial charge in [0, 0.05) is 39.3 Å². The van der Waals surface area contributed by atoms with Crippen LogP contribution in [0.15, 0.2) is 42.5 Å². The average Bonchev–Trinajstić information content (AvgIpc) is 3.28. The Hall–Kier alpha value is -3.04. The molecule has 1 saturated heterocycles. The van der Waals surface area contributed by atoms with E-state index in [-0.39, 0.29) is 12.5 Å². The molecule has 0 spiro atoms. The third-order valence-electron chi connectivity index (χ3n) is 5.76. The third kappa shape index (κ3) is 4.31. The molecule has 0 aliphatic carbocycles. The van der Waals surface area contributed by atoms with Crippen LogP contribution < -0.4 is 24.4 Å². The van der Waals surface area contributed by atoms with Crippen molar-refractivity contribution in [1.82, 2.24) is 15.2 Å². The monoisotopic (exact) mass is 454 g/mol. The van der Waals surface area contributed by atoms with Crippen LogP contribution in [0.4, 0.5) is 5.13 Å². The van der Waals surface area contributed by atoms with Gasteiger partial charge in [-0.1, -0.05) is 29.5 Å². The molecule has 3 aromatic rings. The zero-order chi connectivity index (χ0) is 21.9. The van der Waals surface area contributed by atoms with Crippen LogP contribution in [-0.2, 0) is 4.79 Å². The minimum absolute atomic E-state index is 0.137. The first kappa shape index (κ1) is 20.8. The minimum Gasteiger partial charge on any atom is -0.494 e. The number of para-hydroxylation sites is 3. The molecule has 9 heteroatoms. The fourth-order valence-electron chi connectivity index (χ4n) is 3.97. The second-order valence-electron chi connectivity index (χ2n) is 7.79. The third-order valence-corrected chi connectivity index (χ3v) is 6.84. The molecule has 0 bridgehead atoms. The van der Waals surface area contributed by atoms with Crippen molar-refractivity contribution in [1.29, 1.82) is 0 Å². The SMILES string of the molecule is COc1cccc2sc(N3CCN(CCNC(=O)C4COc5ccccc5O4)CC3)nc12. The number of aromatic nitrogens is 1. The van der Waals surface area contributed by atoms with Crippen molar-refractivity contribution in [2.45, 2.75) is 6.10 Å². The van der Waals surface area contributed by atoms with Gasteiger partial charge in [0.15, 0.2) is 16.6 Å². The summed E-state index contributed by atoms with van der Waals surface area (Å²) in [7, 11) is 1.68. The van der Waals surface area contributed by atoms with E-state index in [1.165, 1.54) is 0 Å². The quantitative estimate of drug-likeness (QED) is 0.613. The van der Waals surface area contributed by atoms with E-state index in [2.05, 4.69) is 21.2 Å². The van der Waals surface area contributed by atoms with E-state index >= 15 is 0 Å². The van der Waals surface area contributed by atoms with E-state index in [0.717, 1.165) is 53.8 Å². The second-order valence-corrected chi connectivity index (χ2v) is 8.80. The van der Waals surface area contributed by atoms with E-state index < -0.39 is 6.10 Å². The van der Waals surface area contributed by atoms with E-state index in [0.29, 0.717) is 18.0 Å². The summed E-state index contributed by atoms with van der Waals surface area (Å²) < 4.78 is 18.0. The maximum absolute atomic E-state index is 12.5. The van der Waals surface area contributed by atoms with E-state index in [1.54, 1.807) is 18.4 Å². The van der Waals surface area contributed by atoms with Crippen molar-refractivity contribution < 1.29 is 19.0 Å². The fourth-order valence-corrected chi connectivity index (χ4v) is 5.01. The molecular formula is C23H26N4O4S. The summed E-state index contributed by atoms with van der Waals surface area (Å²) in [6, 6.07) is 13.4. The van der Waals surface area contributed by atoms with Gasteiger partial charge in [-0.15, -0.1) is 0 Å². The predicted molar refractivity (Wildman–Crippen MR) is 124 cm³/mol. The van der Waals surface area contributed by atoms with Crippen molar-refractivity contribution in [3.8, 4) is 17.2 Å². The number of anilines is 1. The largest absolute Gasteiger partial charge is 0.494 e. The fraction of sp³-hybridized carbons (Fsp3) is 0.391. The lowest BCUT2D eigenvalue weighted by molar-refractivity contribution is -0.130. The van der Waals surface area contributed by atoms with Crippen LogP contribution in [0.25, 0.3) is 10.2 Å². The van der Waals surface area contributed by atoms with Crippen molar-refractivity contribution >= 4 is 32.6 Å². The first-order chi connectivity index (χ1) is 15.7. The molecule has 1 fully saturated rings. The highest BCUT2D eigenvalue weighted by Crippen LogP contribution is 2.34. The summed E-state index contributed by atoms with van der Waals surface area (Å²) in [4.78, 5) is 22.0. The summed E-state index contributed by atoms with van der Waals surface area (Å²) in [6.07, 6.45) is -0.613. The summed E-state index contributed by atoms with van der Waals surface area (Å²) >= 11 is 1.70. The van der Waals surface area contributed by atoms with Gasteiger partial charge in [-0.2, -0.15) is 0 Å². The number of piperazine rings is 1. The number of ether oxygens (including phenoxy) is 3. The Labute approximate surface area is 190 Å². The molecule has 2 aliphatic rings. The molecule has 1 aromatic heterocycles. The first-order valence-electron chi connectivity index (χ1n) is 10.8. The summed E-state index contributed by atoms with van der Waals surface area (Å²) in [5.74, 6) is 1.97. The van der Waals surface area contributed by atoms with E-state index in [1.807, 2.05) is 36.4 Å². The van der Waals surface area contributed by atoms with Crippen LogP contribution in [0, 0.1) is 0 Å². The maximum Gasteiger partial charge on any atom is 0.264 e. The van der Waals surface area contributed by atoms with Gasteiger partial charge in [0.05, 0.1) is 11.8 Å². The van der Waals surface area contributed by atoms with Gasteiger partial charge in [-0.3, -0.25) is 9.69 Å². The van der Waals surface area contributed by atoms with Gasteiger partial charge in [0.2, 0.25) is 6.10 Å². The van der Waals surface area contributed by atoms with Crippen LogP contribution in [0.5, 0.6) is 17.2 Å². The van der Waals surface area contributed by atoms with E-state index in [4.69, 9.17) is 19.2 Å². The predicted octanol–water partition coefficient (Wildman–Crippen LogP) is 2.38. The number of rotatable bonds is 6. The van der Waals surface area contributed by atoms with Crippen LogP contribution in [-0.4, -0.2) is 74.9 Å². The Bertz CT molecular complexity index is 1100. The lowest BCUT2D eigenvalue weighted by atomic mass is 10.2. The molecule has 0 saturated carbocycles. The number of methoxy groups -OCH3 is 1. The molecule has 3 heterocycles. The molecule has 1 N–H and O–H groups in total. The molecule has 168 valence electrons. The molecule has 1 atom stereocenters. The topological polar surface area (TPSA) is 76.2 Å². The Morgan fingerprint density at radius 1 is 1.16 bits per heavy atom. The first-order valence-corrected chi connectivity index (χ1v) is 11.6. The number of carbonyl (C=O) groups excluding carboxylic acids is 1. The number of nitrogens with zero attached hydrogens (tertiary/aromatic N) is 3. The van der Waals surface area contributed by atoms with Crippen molar-refractivity contribution in [3.63, 3.8) is 0 Å². The normalized spacial score (nSPS) is 18.5. The van der Waals surface area contributed by atoms with Crippen LogP contribution >= 0.6 is 11.3 Å². The minimum atomic E-state index is -0.613. The van der Waals surface area contributed by atoms with Gasteiger partial charge >= 0.3 is 0 Å². The van der Waals surface area contributed by atoms with Gasteiger partial charge in [0.1, 0.15) is 17.9 Å². The Morgan fingerprint density at radius 3 is 2.78 bits per heavy atom. The summed E-state index contributed by atoms with van der Waals surface area (Å²) in [5.41, 5.74) is 0.927.